The van der Waals surface area contributed by atoms with Gasteiger partial charge in [-0.1, -0.05) is 38.1 Å². The highest BCUT2D eigenvalue weighted by Gasteiger charge is 2.30. The van der Waals surface area contributed by atoms with Gasteiger partial charge in [0.2, 0.25) is 6.08 Å². The zero-order valence-electron chi connectivity index (χ0n) is 15.9. The van der Waals surface area contributed by atoms with Crippen molar-refractivity contribution < 1.29 is 14.3 Å². The third-order valence-corrected chi connectivity index (χ3v) is 5.33. The van der Waals surface area contributed by atoms with Gasteiger partial charge in [0, 0.05) is 13.0 Å². The lowest BCUT2D eigenvalue weighted by molar-refractivity contribution is -0.144. The monoisotopic (exact) mass is 358 g/mol. The van der Waals surface area contributed by atoms with Gasteiger partial charge in [0.1, 0.15) is 6.61 Å². The fraction of sp³-hybridized carbons (Fsp3) is 0.619. The quantitative estimate of drug-likeness (QED) is 0.248. The largest absolute Gasteiger partial charge is 0.464 e. The molecule has 0 N–H and O–H groups in total. The van der Waals surface area contributed by atoms with Crippen molar-refractivity contribution in [1.29, 1.82) is 0 Å². The molecule has 0 spiro atoms. The van der Waals surface area contributed by atoms with E-state index in [2.05, 4.69) is 48.0 Å². The summed E-state index contributed by atoms with van der Waals surface area (Å²) < 4.78 is 5.40. The van der Waals surface area contributed by atoms with Gasteiger partial charge in [-0.3, -0.25) is 4.79 Å². The lowest BCUT2D eigenvalue weighted by Gasteiger charge is -2.21. The van der Waals surface area contributed by atoms with Crippen LogP contribution < -0.4 is 0 Å². The number of ether oxygens (including phenoxy) is 1. The molecule has 0 saturated heterocycles. The first-order valence-corrected chi connectivity index (χ1v) is 9.71. The Morgan fingerprint density at radius 1 is 1.19 bits per heavy atom. The average Bonchev–Trinajstić information content (AvgIpc) is 2.89. The fourth-order valence-electron chi connectivity index (χ4n) is 3.83. The molecule has 0 saturated carbocycles. The van der Waals surface area contributed by atoms with Crippen molar-refractivity contribution in [2.75, 3.05) is 32.8 Å². The highest BCUT2D eigenvalue weighted by Crippen LogP contribution is 2.45. The van der Waals surface area contributed by atoms with Crippen LogP contribution in [0.4, 0.5) is 0 Å². The van der Waals surface area contributed by atoms with E-state index in [1.807, 2.05) is 0 Å². The van der Waals surface area contributed by atoms with Crippen LogP contribution >= 0.6 is 0 Å². The Hall–Kier alpha value is -1.97. The molecule has 2 rings (SSSR count). The third kappa shape index (κ3) is 5.79. The van der Waals surface area contributed by atoms with Crippen molar-refractivity contribution in [1.82, 2.24) is 4.90 Å². The molecule has 2 unspecified atom stereocenters. The van der Waals surface area contributed by atoms with E-state index in [4.69, 9.17) is 4.74 Å². The number of fused-ring (bicyclic) bond motifs is 2. The van der Waals surface area contributed by atoms with E-state index in [1.165, 1.54) is 11.1 Å². The Kier molecular flexibility index (Phi) is 8.52. The Balaban J connectivity index is 1.80. The van der Waals surface area contributed by atoms with Crippen LogP contribution in [0.25, 0.3) is 0 Å². The number of esters is 1. The molecule has 1 aliphatic carbocycles. The first kappa shape index (κ1) is 20.3. The second kappa shape index (κ2) is 10.9. The van der Waals surface area contributed by atoms with Crippen LogP contribution in [0, 0.1) is 0 Å². The molecule has 0 fully saturated rings. The molecular formula is C21H30N2O3. The molecular weight excluding hydrogens is 328 g/mol. The molecule has 0 amide bonds. The summed E-state index contributed by atoms with van der Waals surface area (Å²) in [6.07, 6.45) is 4.69. The predicted octanol–water partition coefficient (Wildman–Crippen LogP) is 3.65. The van der Waals surface area contributed by atoms with Crippen molar-refractivity contribution in [3.63, 3.8) is 0 Å². The number of aliphatic imine (C=N–C) groups is 1. The summed E-state index contributed by atoms with van der Waals surface area (Å²) in [4.78, 5) is 28.2. The first-order chi connectivity index (χ1) is 12.7. The number of carbonyl (C=O) groups excluding carboxylic acids is 2. The Morgan fingerprint density at radius 2 is 1.88 bits per heavy atom. The van der Waals surface area contributed by atoms with E-state index in [0.29, 0.717) is 31.4 Å². The zero-order valence-corrected chi connectivity index (χ0v) is 15.9. The summed E-state index contributed by atoms with van der Waals surface area (Å²) in [5, 5.41) is 0. The maximum atomic E-state index is 12.1. The van der Waals surface area contributed by atoms with Gasteiger partial charge in [0.15, 0.2) is 0 Å². The second-order valence-corrected chi connectivity index (χ2v) is 6.78. The molecule has 142 valence electrons. The molecule has 1 aliphatic rings. The molecule has 1 aromatic rings. The molecule has 5 nitrogen and oxygen atoms in total. The number of isocyanates is 1. The number of rotatable bonds is 12. The normalized spacial score (nSPS) is 18.0. The van der Waals surface area contributed by atoms with E-state index in [0.717, 1.165) is 38.9 Å². The summed E-state index contributed by atoms with van der Waals surface area (Å²) in [7, 11) is 0. The van der Waals surface area contributed by atoms with Gasteiger partial charge in [-0.15, -0.1) is 0 Å². The van der Waals surface area contributed by atoms with Crippen molar-refractivity contribution >= 4 is 12.0 Å². The first-order valence-electron chi connectivity index (χ1n) is 9.71. The molecule has 5 heteroatoms. The van der Waals surface area contributed by atoms with Crippen LogP contribution in [-0.4, -0.2) is 49.7 Å². The SMILES string of the molecule is CCN(CC)CCOC(=O)CCC1c2cccc(c2)C1CCCN=C=O. The van der Waals surface area contributed by atoms with Crippen LogP contribution in [-0.2, 0) is 14.3 Å². The Morgan fingerprint density at radius 3 is 2.54 bits per heavy atom. The molecule has 2 atom stereocenters. The number of hydrogen-bond acceptors (Lipinski definition) is 5. The van der Waals surface area contributed by atoms with Crippen LogP contribution in [0.2, 0.25) is 0 Å². The van der Waals surface area contributed by atoms with Gasteiger partial charge in [-0.2, -0.15) is 0 Å². The number of nitrogens with zero attached hydrogens (tertiary/aromatic N) is 2. The molecule has 0 heterocycles. The van der Waals surface area contributed by atoms with E-state index in [-0.39, 0.29) is 5.97 Å². The molecule has 2 bridgehead atoms. The standard InChI is InChI=1S/C21H30N2O3/c1-3-23(4-2)13-14-26-21(25)11-10-20-18-8-5-7-17(15-18)19(20)9-6-12-22-16-24/h5,7-8,15,19-20H,3-4,6,9-14H2,1-2H3. The smallest absolute Gasteiger partial charge is 0.305 e. The van der Waals surface area contributed by atoms with E-state index in [1.54, 1.807) is 6.08 Å². The summed E-state index contributed by atoms with van der Waals surface area (Å²) in [5.41, 5.74) is 2.64. The summed E-state index contributed by atoms with van der Waals surface area (Å²) in [6, 6.07) is 8.62. The van der Waals surface area contributed by atoms with E-state index < -0.39 is 0 Å². The van der Waals surface area contributed by atoms with Crippen molar-refractivity contribution in [2.45, 2.75) is 51.4 Å². The van der Waals surface area contributed by atoms with Gasteiger partial charge in [0.25, 0.3) is 0 Å². The summed E-state index contributed by atoms with van der Waals surface area (Å²) >= 11 is 0. The fourth-order valence-corrected chi connectivity index (χ4v) is 3.83. The minimum absolute atomic E-state index is 0.110. The number of likely N-dealkylation sites (N-methyl/N-ethyl adjacent to an activating group) is 1. The number of hydrogen-bond donors (Lipinski definition) is 0. The Bertz CT molecular complexity index is 621. The van der Waals surface area contributed by atoms with Crippen molar-refractivity contribution in [3.05, 3.63) is 35.4 Å². The van der Waals surface area contributed by atoms with E-state index >= 15 is 0 Å². The predicted molar refractivity (Wildman–Crippen MR) is 102 cm³/mol. The molecule has 0 aromatic heterocycles. The van der Waals surface area contributed by atoms with Crippen LogP contribution in [0.3, 0.4) is 0 Å². The van der Waals surface area contributed by atoms with Crippen molar-refractivity contribution in [3.8, 4) is 0 Å². The molecule has 26 heavy (non-hydrogen) atoms. The van der Waals surface area contributed by atoms with Gasteiger partial charge in [0.05, 0.1) is 6.54 Å². The van der Waals surface area contributed by atoms with Crippen molar-refractivity contribution in [2.24, 2.45) is 4.99 Å². The van der Waals surface area contributed by atoms with Gasteiger partial charge in [-0.25, -0.2) is 9.79 Å². The summed E-state index contributed by atoms with van der Waals surface area (Å²) in [5.74, 6) is 0.655. The van der Waals surface area contributed by atoms with Crippen LogP contribution in [0.1, 0.15) is 62.5 Å². The number of carbonyl (C=O) groups is 1. The molecule has 0 radical (unpaired) electrons. The highest BCUT2D eigenvalue weighted by atomic mass is 16.5. The van der Waals surface area contributed by atoms with Gasteiger partial charge < -0.3 is 9.64 Å². The summed E-state index contributed by atoms with van der Waals surface area (Å²) in [6.45, 7) is 7.95. The maximum Gasteiger partial charge on any atom is 0.305 e. The van der Waals surface area contributed by atoms with Crippen LogP contribution in [0.5, 0.6) is 0 Å². The third-order valence-electron chi connectivity index (χ3n) is 5.33. The maximum absolute atomic E-state index is 12.1. The molecule has 0 aliphatic heterocycles. The minimum Gasteiger partial charge on any atom is -0.464 e. The lowest BCUT2D eigenvalue weighted by Crippen LogP contribution is -2.27. The zero-order chi connectivity index (χ0) is 18.8. The Labute approximate surface area is 156 Å². The topological polar surface area (TPSA) is 59.0 Å². The second-order valence-electron chi connectivity index (χ2n) is 6.78. The highest BCUT2D eigenvalue weighted by molar-refractivity contribution is 5.69. The average molecular weight is 358 g/mol. The molecule has 1 aromatic carbocycles. The van der Waals surface area contributed by atoms with E-state index in [9.17, 15) is 9.59 Å². The lowest BCUT2D eigenvalue weighted by atomic mass is 9.84. The number of benzene rings is 1. The van der Waals surface area contributed by atoms with Gasteiger partial charge in [-0.05, 0) is 55.3 Å². The van der Waals surface area contributed by atoms with Crippen LogP contribution in [0.15, 0.2) is 29.3 Å². The van der Waals surface area contributed by atoms with Gasteiger partial charge >= 0.3 is 5.97 Å². The minimum atomic E-state index is -0.110.